The number of carbonyl (C=O) groups is 2. The highest BCUT2D eigenvalue weighted by molar-refractivity contribution is 6.05. The van der Waals surface area contributed by atoms with Gasteiger partial charge in [0.25, 0.3) is 0 Å². The zero-order valence-corrected chi connectivity index (χ0v) is 13.4. The zero-order chi connectivity index (χ0) is 15.4. The molecule has 2 aliphatic carbocycles. The third-order valence-electron chi connectivity index (χ3n) is 5.95. The van der Waals surface area contributed by atoms with Crippen LogP contribution in [0.15, 0.2) is 0 Å². The second-order valence-corrected chi connectivity index (χ2v) is 8.44. The van der Waals surface area contributed by atoms with Crippen LogP contribution in [-0.2, 0) is 9.59 Å². The lowest BCUT2D eigenvalue weighted by Crippen LogP contribution is -2.49. The smallest absolute Gasteiger partial charge is 0.233 e. The maximum absolute atomic E-state index is 12.5. The summed E-state index contributed by atoms with van der Waals surface area (Å²) in [6, 6.07) is 0. The van der Waals surface area contributed by atoms with Crippen molar-refractivity contribution < 1.29 is 14.7 Å². The fourth-order valence-corrected chi connectivity index (χ4v) is 4.35. The molecule has 3 fully saturated rings. The van der Waals surface area contributed by atoms with E-state index in [1.807, 2.05) is 0 Å². The van der Waals surface area contributed by atoms with Gasteiger partial charge in [-0.1, -0.05) is 20.8 Å². The maximum atomic E-state index is 12.5. The van der Waals surface area contributed by atoms with Gasteiger partial charge in [-0.05, 0) is 49.9 Å². The standard InChI is InChI=1S/C17H27NO3/c1-11-8-12-13(9-11)15(20)18(14(12)19)10-17(21)6-4-16(2,3)5-7-17/h11-13,21H,4-10H2,1-3H3. The molecule has 3 aliphatic rings. The summed E-state index contributed by atoms with van der Waals surface area (Å²) in [4.78, 5) is 26.3. The summed E-state index contributed by atoms with van der Waals surface area (Å²) in [6.07, 6.45) is 4.92. The van der Waals surface area contributed by atoms with Gasteiger partial charge in [0.15, 0.2) is 0 Å². The summed E-state index contributed by atoms with van der Waals surface area (Å²) in [6.45, 7) is 6.75. The second-order valence-electron chi connectivity index (χ2n) is 8.44. The van der Waals surface area contributed by atoms with Crippen molar-refractivity contribution in [3.63, 3.8) is 0 Å². The number of imide groups is 1. The zero-order valence-electron chi connectivity index (χ0n) is 13.4. The van der Waals surface area contributed by atoms with Crippen molar-refractivity contribution in [3.05, 3.63) is 0 Å². The topological polar surface area (TPSA) is 57.6 Å². The Labute approximate surface area is 126 Å². The predicted octanol–water partition coefficient (Wildman–Crippen LogP) is 2.35. The summed E-state index contributed by atoms with van der Waals surface area (Å²) in [7, 11) is 0. The molecule has 0 radical (unpaired) electrons. The van der Waals surface area contributed by atoms with Gasteiger partial charge >= 0.3 is 0 Å². The Hall–Kier alpha value is -0.900. The monoisotopic (exact) mass is 293 g/mol. The maximum Gasteiger partial charge on any atom is 0.233 e. The molecule has 118 valence electrons. The van der Waals surface area contributed by atoms with Crippen LogP contribution in [0, 0.1) is 23.2 Å². The van der Waals surface area contributed by atoms with Crippen LogP contribution < -0.4 is 0 Å². The van der Waals surface area contributed by atoms with Gasteiger partial charge in [0.2, 0.25) is 11.8 Å². The number of hydrogen-bond donors (Lipinski definition) is 1. The average molecular weight is 293 g/mol. The van der Waals surface area contributed by atoms with Crippen LogP contribution in [0.5, 0.6) is 0 Å². The molecule has 1 N–H and O–H groups in total. The van der Waals surface area contributed by atoms with Gasteiger partial charge in [0.1, 0.15) is 0 Å². The van der Waals surface area contributed by atoms with Crippen molar-refractivity contribution in [1.82, 2.24) is 4.90 Å². The van der Waals surface area contributed by atoms with Crippen LogP contribution in [0.2, 0.25) is 0 Å². The molecule has 1 saturated heterocycles. The first-order chi connectivity index (χ1) is 9.71. The van der Waals surface area contributed by atoms with Crippen LogP contribution in [-0.4, -0.2) is 34.0 Å². The number of carbonyl (C=O) groups excluding carboxylic acids is 2. The summed E-state index contributed by atoms with van der Waals surface area (Å²) in [5, 5.41) is 10.8. The van der Waals surface area contributed by atoms with Crippen LogP contribution in [0.25, 0.3) is 0 Å². The number of aliphatic hydroxyl groups is 1. The van der Waals surface area contributed by atoms with E-state index >= 15 is 0 Å². The van der Waals surface area contributed by atoms with Crippen molar-refractivity contribution in [2.45, 2.75) is 64.9 Å². The molecular weight excluding hydrogens is 266 g/mol. The Balaban J connectivity index is 1.69. The lowest BCUT2D eigenvalue weighted by molar-refractivity contribution is -0.146. The predicted molar refractivity (Wildman–Crippen MR) is 79.3 cm³/mol. The van der Waals surface area contributed by atoms with E-state index in [4.69, 9.17) is 0 Å². The summed E-state index contributed by atoms with van der Waals surface area (Å²) >= 11 is 0. The highest BCUT2D eigenvalue weighted by Crippen LogP contribution is 2.45. The van der Waals surface area contributed by atoms with Gasteiger partial charge in [-0.25, -0.2) is 0 Å². The molecule has 2 atom stereocenters. The fraction of sp³-hybridized carbons (Fsp3) is 0.882. The number of nitrogens with zero attached hydrogens (tertiary/aromatic N) is 1. The van der Waals surface area contributed by atoms with E-state index in [1.165, 1.54) is 4.90 Å². The first-order valence-corrected chi connectivity index (χ1v) is 8.28. The summed E-state index contributed by atoms with van der Waals surface area (Å²) in [5.74, 6) is 0.168. The third-order valence-corrected chi connectivity index (χ3v) is 5.95. The van der Waals surface area contributed by atoms with Crippen molar-refractivity contribution in [3.8, 4) is 0 Å². The average Bonchev–Trinajstić information content (AvgIpc) is 2.88. The molecule has 0 aromatic rings. The van der Waals surface area contributed by atoms with E-state index in [-0.39, 0.29) is 35.6 Å². The van der Waals surface area contributed by atoms with Gasteiger partial charge in [0, 0.05) is 0 Å². The SMILES string of the molecule is CC1CC2C(=O)N(CC3(O)CCC(C)(C)CC3)C(=O)C2C1. The Morgan fingerprint density at radius 3 is 2.00 bits per heavy atom. The number of β-amino-alcohol motifs (C(OH)–C–C–N with tert-alkyl or cyclic N) is 1. The summed E-state index contributed by atoms with van der Waals surface area (Å²) in [5.41, 5.74) is -0.609. The molecule has 4 heteroatoms. The molecule has 0 bridgehead atoms. The van der Waals surface area contributed by atoms with Gasteiger partial charge in [-0.15, -0.1) is 0 Å². The fourth-order valence-electron chi connectivity index (χ4n) is 4.35. The normalized spacial score (nSPS) is 37.9. The minimum atomic E-state index is -0.870. The second kappa shape index (κ2) is 4.80. The van der Waals surface area contributed by atoms with Crippen molar-refractivity contribution in [2.75, 3.05) is 6.54 Å². The van der Waals surface area contributed by atoms with Crippen LogP contribution in [0.4, 0.5) is 0 Å². The van der Waals surface area contributed by atoms with Gasteiger partial charge < -0.3 is 5.11 Å². The molecule has 21 heavy (non-hydrogen) atoms. The number of rotatable bonds is 2. The quantitative estimate of drug-likeness (QED) is 0.795. The Bertz CT molecular complexity index is 437. The van der Waals surface area contributed by atoms with E-state index in [9.17, 15) is 14.7 Å². The highest BCUT2D eigenvalue weighted by atomic mass is 16.3. The number of amides is 2. The van der Waals surface area contributed by atoms with Gasteiger partial charge in [-0.2, -0.15) is 0 Å². The lowest BCUT2D eigenvalue weighted by atomic mass is 9.71. The van der Waals surface area contributed by atoms with Crippen molar-refractivity contribution >= 4 is 11.8 Å². The van der Waals surface area contributed by atoms with E-state index < -0.39 is 5.60 Å². The number of hydrogen-bond acceptors (Lipinski definition) is 3. The molecule has 2 unspecified atom stereocenters. The summed E-state index contributed by atoms with van der Waals surface area (Å²) < 4.78 is 0. The van der Waals surface area contributed by atoms with E-state index in [0.29, 0.717) is 18.8 Å². The van der Waals surface area contributed by atoms with Gasteiger partial charge in [-0.3, -0.25) is 14.5 Å². The Kier molecular flexibility index (Phi) is 3.43. The first-order valence-electron chi connectivity index (χ1n) is 8.28. The lowest BCUT2D eigenvalue weighted by Gasteiger charge is -2.41. The van der Waals surface area contributed by atoms with E-state index in [0.717, 1.165) is 25.7 Å². The van der Waals surface area contributed by atoms with Crippen molar-refractivity contribution in [2.24, 2.45) is 23.2 Å². The van der Waals surface area contributed by atoms with Crippen LogP contribution >= 0.6 is 0 Å². The molecule has 1 aliphatic heterocycles. The molecule has 4 nitrogen and oxygen atoms in total. The molecule has 2 amide bonds. The molecule has 2 saturated carbocycles. The molecule has 1 heterocycles. The van der Waals surface area contributed by atoms with E-state index in [1.54, 1.807) is 0 Å². The first kappa shape index (κ1) is 15.0. The Morgan fingerprint density at radius 1 is 1.05 bits per heavy atom. The van der Waals surface area contributed by atoms with Gasteiger partial charge in [0.05, 0.1) is 24.0 Å². The molecule has 0 aromatic carbocycles. The third kappa shape index (κ3) is 2.63. The highest BCUT2D eigenvalue weighted by Gasteiger charge is 2.53. The van der Waals surface area contributed by atoms with E-state index in [2.05, 4.69) is 20.8 Å². The molecule has 3 rings (SSSR count). The van der Waals surface area contributed by atoms with Crippen LogP contribution in [0.1, 0.15) is 59.3 Å². The van der Waals surface area contributed by atoms with Crippen molar-refractivity contribution in [1.29, 1.82) is 0 Å². The minimum absolute atomic E-state index is 0.0346. The number of fused-ring (bicyclic) bond motifs is 1. The number of likely N-dealkylation sites (tertiary alicyclic amines) is 1. The largest absolute Gasteiger partial charge is 0.388 e. The Morgan fingerprint density at radius 2 is 1.52 bits per heavy atom. The molecule has 0 aromatic heterocycles. The minimum Gasteiger partial charge on any atom is -0.388 e. The van der Waals surface area contributed by atoms with Crippen LogP contribution in [0.3, 0.4) is 0 Å². The molecular formula is C17H27NO3. The molecule has 0 spiro atoms.